The number of anilines is 2. The molecule has 0 aliphatic heterocycles. The largest absolute Gasteiger partial charge is 0.397 e. The van der Waals surface area contributed by atoms with Crippen LogP contribution in [0.15, 0.2) is 72.8 Å². The average Bonchev–Trinajstić information content (AvgIpc) is 3.45. The number of nitriles is 1. The summed E-state index contributed by atoms with van der Waals surface area (Å²) in [5.74, 6) is 0.127. The van der Waals surface area contributed by atoms with Crippen molar-refractivity contribution < 1.29 is 4.79 Å². The summed E-state index contributed by atoms with van der Waals surface area (Å²) in [6.45, 7) is 0. The molecule has 1 aliphatic rings. The molecule has 0 saturated heterocycles. The first-order valence-corrected chi connectivity index (χ1v) is 13.4. The van der Waals surface area contributed by atoms with Gasteiger partial charge in [0, 0.05) is 15.8 Å². The average molecular weight is 507 g/mol. The van der Waals surface area contributed by atoms with Crippen molar-refractivity contribution in [1.29, 1.82) is 5.26 Å². The van der Waals surface area contributed by atoms with Crippen LogP contribution in [0.1, 0.15) is 43.6 Å². The van der Waals surface area contributed by atoms with E-state index in [9.17, 15) is 10.1 Å². The van der Waals surface area contributed by atoms with Crippen LogP contribution in [0.2, 0.25) is 0 Å². The number of pyridine rings is 1. The Morgan fingerprint density at radius 3 is 2.53 bits per heavy atom. The van der Waals surface area contributed by atoms with Gasteiger partial charge in [-0.25, -0.2) is 4.98 Å². The molecule has 6 rings (SSSR count). The van der Waals surface area contributed by atoms with Gasteiger partial charge in [-0.2, -0.15) is 5.26 Å². The maximum atomic E-state index is 13.3. The lowest BCUT2D eigenvalue weighted by molar-refractivity contribution is 0.103. The van der Waals surface area contributed by atoms with E-state index in [2.05, 4.69) is 35.7 Å². The molecule has 5 nitrogen and oxygen atoms in total. The Kier molecular flexibility index (Phi) is 5.76. The highest BCUT2D eigenvalue weighted by atomic mass is 32.1. The van der Waals surface area contributed by atoms with E-state index >= 15 is 0 Å². The number of fused-ring (bicyclic) bond motifs is 2. The molecule has 1 amide bonds. The molecule has 36 heavy (non-hydrogen) atoms. The summed E-state index contributed by atoms with van der Waals surface area (Å²) < 4.78 is 0. The Bertz CT molecular complexity index is 1630. The van der Waals surface area contributed by atoms with Crippen LogP contribution in [-0.4, -0.2) is 10.9 Å². The fourth-order valence-corrected chi connectivity index (χ4v) is 7.16. The minimum Gasteiger partial charge on any atom is -0.397 e. The zero-order valence-electron chi connectivity index (χ0n) is 19.3. The standard InChI is InChI=1S/C29H22N4OS2/c30-16-22-20-12-11-19(17-7-3-1-4-8-17)15-24(20)35-29(22)33-27(34)26-25(31)21-13-14-23(32-28(21)36-26)18-9-5-2-6-10-18/h1-10,13-14,19H,11-12,15,31H2,(H,33,34). The predicted molar refractivity (Wildman–Crippen MR) is 148 cm³/mol. The number of nitrogens with two attached hydrogens (primary N) is 1. The Balaban J connectivity index is 1.29. The molecule has 0 fully saturated rings. The van der Waals surface area contributed by atoms with Crippen LogP contribution < -0.4 is 11.1 Å². The van der Waals surface area contributed by atoms with Gasteiger partial charge in [0.25, 0.3) is 5.91 Å². The lowest BCUT2D eigenvalue weighted by atomic mass is 9.83. The number of aromatic nitrogens is 1. The van der Waals surface area contributed by atoms with Gasteiger partial charge in [0.15, 0.2) is 0 Å². The van der Waals surface area contributed by atoms with E-state index < -0.39 is 0 Å². The van der Waals surface area contributed by atoms with Crippen molar-refractivity contribution in [1.82, 2.24) is 4.98 Å². The predicted octanol–water partition coefficient (Wildman–Crippen LogP) is 7.00. The molecule has 1 unspecified atom stereocenters. The summed E-state index contributed by atoms with van der Waals surface area (Å²) in [6, 6.07) is 26.6. The van der Waals surface area contributed by atoms with Gasteiger partial charge in [-0.3, -0.25) is 4.79 Å². The molecule has 3 aromatic heterocycles. The zero-order chi connectivity index (χ0) is 24.6. The molecule has 0 bridgehead atoms. The van der Waals surface area contributed by atoms with Crippen LogP contribution in [0, 0.1) is 11.3 Å². The van der Waals surface area contributed by atoms with Crippen molar-refractivity contribution in [2.45, 2.75) is 25.2 Å². The summed E-state index contributed by atoms with van der Waals surface area (Å²) in [4.78, 5) is 20.4. The van der Waals surface area contributed by atoms with E-state index in [1.807, 2.05) is 48.5 Å². The van der Waals surface area contributed by atoms with Crippen LogP contribution in [-0.2, 0) is 12.8 Å². The first kappa shape index (κ1) is 22.5. The number of benzene rings is 2. The van der Waals surface area contributed by atoms with Crippen LogP contribution in [0.5, 0.6) is 0 Å². The molecule has 176 valence electrons. The molecule has 7 heteroatoms. The summed E-state index contributed by atoms with van der Waals surface area (Å²) in [5.41, 5.74) is 11.6. The Labute approximate surface area is 216 Å². The van der Waals surface area contributed by atoms with Gasteiger partial charge in [0.1, 0.15) is 20.8 Å². The molecule has 1 aliphatic carbocycles. The maximum absolute atomic E-state index is 13.3. The second kappa shape index (κ2) is 9.23. The number of amides is 1. The van der Waals surface area contributed by atoms with E-state index in [4.69, 9.17) is 10.7 Å². The van der Waals surface area contributed by atoms with Gasteiger partial charge in [-0.15, -0.1) is 22.7 Å². The van der Waals surface area contributed by atoms with Gasteiger partial charge in [-0.1, -0.05) is 60.7 Å². The number of hydrogen-bond acceptors (Lipinski definition) is 6. The minimum absolute atomic E-state index is 0.300. The van der Waals surface area contributed by atoms with Crippen molar-refractivity contribution in [2.75, 3.05) is 11.1 Å². The molecule has 5 aromatic rings. The zero-order valence-corrected chi connectivity index (χ0v) is 21.0. The highest BCUT2D eigenvalue weighted by molar-refractivity contribution is 7.21. The third-order valence-electron chi connectivity index (χ3n) is 6.74. The first-order chi connectivity index (χ1) is 17.6. The number of nitrogen functional groups attached to an aromatic ring is 1. The van der Waals surface area contributed by atoms with Crippen LogP contribution in [0.4, 0.5) is 10.7 Å². The van der Waals surface area contributed by atoms with Crippen LogP contribution in [0.25, 0.3) is 21.5 Å². The van der Waals surface area contributed by atoms with E-state index in [1.165, 1.54) is 33.1 Å². The molecular formula is C29H22N4OS2. The maximum Gasteiger partial charge on any atom is 0.268 e. The molecule has 2 aromatic carbocycles. The highest BCUT2D eigenvalue weighted by Gasteiger charge is 2.28. The van der Waals surface area contributed by atoms with Crippen molar-refractivity contribution in [2.24, 2.45) is 0 Å². The van der Waals surface area contributed by atoms with E-state index in [0.29, 0.717) is 27.0 Å². The third-order valence-corrected chi connectivity index (χ3v) is 9.03. The van der Waals surface area contributed by atoms with Crippen molar-refractivity contribution in [3.8, 4) is 17.3 Å². The minimum atomic E-state index is -0.300. The summed E-state index contributed by atoms with van der Waals surface area (Å²) in [5, 5.41) is 14.3. The number of rotatable bonds is 4. The molecule has 0 saturated carbocycles. The molecule has 0 spiro atoms. The lowest BCUT2D eigenvalue weighted by Gasteiger charge is -2.22. The second-order valence-electron chi connectivity index (χ2n) is 8.88. The summed E-state index contributed by atoms with van der Waals surface area (Å²) >= 11 is 2.79. The highest BCUT2D eigenvalue weighted by Crippen LogP contribution is 2.43. The fraction of sp³-hybridized carbons (Fsp3) is 0.138. The number of hydrogen-bond donors (Lipinski definition) is 2. The molecule has 3 N–H and O–H groups in total. The summed E-state index contributed by atoms with van der Waals surface area (Å²) in [7, 11) is 0. The van der Waals surface area contributed by atoms with Gasteiger partial charge in [0.2, 0.25) is 0 Å². The van der Waals surface area contributed by atoms with Crippen molar-refractivity contribution in [3.05, 3.63) is 99.2 Å². The van der Waals surface area contributed by atoms with Gasteiger partial charge in [0.05, 0.1) is 16.9 Å². The normalized spacial score (nSPS) is 14.8. The topological polar surface area (TPSA) is 91.8 Å². The number of thiophene rings is 2. The Morgan fingerprint density at radius 1 is 1.03 bits per heavy atom. The molecule has 1 atom stereocenters. The quantitative estimate of drug-likeness (QED) is 0.274. The Hall–Kier alpha value is -3.99. The second-order valence-corrected chi connectivity index (χ2v) is 11.0. The Morgan fingerprint density at radius 2 is 1.78 bits per heavy atom. The van der Waals surface area contributed by atoms with Crippen molar-refractivity contribution >= 4 is 49.5 Å². The van der Waals surface area contributed by atoms with Crippen LogP contribution in [0.3, 0.4) is 0 Å². The smallest absolute Gasteiger partial charge is 0.268 e. The fourth-order valence-electron chi connectivity index (χ4n) is 4.90. The third kappa shape index (κ3) is 3.95. The molecule has 3 heterocycles. The number of carbonyl (C=O) groups is 1. The number of nitrogens with one attached hydrogen (secondary N) is 1. The van der Waals surface area contributed by atoms with Crippen LogP contribution >= 0.6 is 22.7 Å². The van der Waals surface area contributed by atoms with E-state index in [0.717, 1.165) is 46.3 Å². The first-order valence-electron chi connectivity index (χ1n) is 11.8. The van der Waals surface area contributed by atoms with Gasteiger partial charge in [-0.05, 0) is 48.4 Å². The molecular weight excluding hydrogens is 484 g/mol. The van der Waals surface area contributed by atoms with E-state index in [-0.39, 0.29) is 5.91 Å². The SMILES string of the molecule is N#Cc1c(NC(=O)c2sc3nc(-c4ccccc4)ccc3c2N)sc2c1CCC(c1ccccc1)C2. The number of carbonyl (C=O) groups excluding carboxylic acids is 1. The lowest BCUT2D eigenvalue weighted by Crippen LogP contribution is -2.12. The van der Waals surface area contributed by atoms with Gasteiger partial charge >= 0.3 is 0 Å². The van der Waals surface area contributed by atoms with E-state index in [1.54, 1.807) is 0 Å². The monoisotopic (exact) mass is 506 g/mol. The summed E-state index contributed by atoms with van der Waals surface area (Å²) in [6.07, 6.45) is 2.71. The number of nitrogens with zero attached hydrogens (tertiary/aromatic N) is 2. The van der Waals surface area contributed by atoms with Gasteiger partial charge < -0.3 is 11.1 Å². The van der Waals surface area contributed by atoms with Crippen molar-refractivity contribution in [3.63, 3.8) is 0 Å². The molecule has 0 radical (unpaired) electrons.